The fraction of sp³-hybridized carbons (Fsp3) is 0.333. The van der Waals surface area contributed by atoms with Crippen molar-refractivity contribution in [3.8, 4) is 11.6 Å². The lowest BCUT2D eigenvalue weighted by Gasteiger charge is -2.17. The van der Waals surface area contributed by atoms with Gasteiger partial charge in [0.1, 0.15) is 5.75 Å². The summed E-state index contributed by atoms with van der Waals surface area (Å²) in [7, 11) is -1.88. The van der Waals surface area contributed by atoms with E-state index in [2.05, 4.69) is 9.72 Å². The third-order valence-corrected chi connectivity index (χ3v) is 5.36. The van der Waals surface area contributed by atoms with Gasteiger partial charge in [0.15, 0.2) is 0 Å². The van der Waals surface area contributed by atoms with Crippen LogP contribution in [0.15, 0.2) is 42.6 Å². The maximum absolute atomic E-state index is 12.6. The van der Waals surface area contributed by atoms with Crippen LogP contribution in [0.25, 0.3) is 0 Å². The van der Waals surface area contributed by atoms with Crippen LogP contribution in [0.5, 0.6) is 11.6 Å². The molecular formula is C18H22NO6P. The summed E-state index contributed by atoms with van der Waals surface area (Å²) in [6.45, 7) is 4.16. The van der Waals surface area contributed by atoms with E-state index in [9.17, 15) is 9.36 Å². The topological polar surface area (TPSA) is 84.0 Å². The molecule has 0 amide bonds. The van der Waals surface area contributed by atoms with Crippen LogP contribution in [0, 0.1) is 0 Å². The Morgan fingerprint density at radius 2 is 1.85 bits per heavy atom. The lowest BCUT2D eigenvalue weighted by Crippen LogP contribution is -2.01. The van der Waals surface area contributed by atoms with E-state index in [0.717, 1.165) is 5.56 Å². The average molecular weight is 379 g/mol. The molecule has 1 aromatic carbocycles. The second-order valence-corrected chi connectivity index (χ2v) is 7.29. The molecule has 0 aliphatic rings. The standard InChI is InChI=1S/C18H22NO6P/c1-4-23-26(21,24-5-2)13-14-7-6-8-16(11-14)25-17-10-9-15(12-19-17)18(20)22-3/h6-12H,4-5,13H2,1-3H3. The minimum Gasteiger partial charge on any atom is -0.465 e. The summed E-state index contributed by atoms with van der Waals surface area (Å²) in [5, 5.41) is 0. The van der Waals surface area contributed by atoms with Gasteiger partial charge in [-0.25, -0.2) is 9.78 Å². The summed E-state index contributed by atoms with van der Waals surface area (Å²) in [6.07, 6.45) is 1.53. The van der Waals surface area contributed by atoms with Crippen molar-refractivity contribution >= 4 is 13.6 Å². The van der Waals surface area contributed by atoms with E-state index >= 15 is 0 Å². The third kappa shape index (κ3) is 5.66. The molecule has 0 bridgehead atoms. The summed E-state index contributed by atoms with van der Waals surface area (Å²) in [5.41, 5.74) is 1.10. The summed E-state index contributed by atoms with van der Waals surface area (Å²) >= 11 is 0. The van der Waals surface area contributed by atoms with Gasteiger partial charge in [-0.2, -0.15) is 0 Å². The fourth-order valence-electron chi connectivity index (χ4n) is 2.25. The fourth-order valence-corrected chi connectivity index (χ4v) is 3.94. The Bertz CT molecular complexity index is 768. The molecule has 0 atom stereocenters. The number of aromatic nitrogens is 1. The number of pyridine rings is 1. The van der Waals surface area contributed by atoms with Gasteiger partial charge in [-0.05, 0) is 37.6 Å². The maximum atomic E-state index is 12.6. The highest BCUT2D eigenvalue weighted by atomic mass is 31.2. The molecule has 140 valence electrons. The number of carbonyl (C=O) groups excluding carboxylic acids is 1. The molecular weight excluding hydrogens is 357 g/mol. The molecule has 8 heteroatoms. The van der Waals surface area contributed by atoms with Crippen LogP contribution in [0.1, 0.15) is 29.8 Å². The van der Waals surface area contributed by atoms with E-state index < -0.39 is 13.6 Å². The molecule has 0 fully saturated rings. The Morgan fingerprint density at radius 3 is 2.42 bits per heavy atom. The van der Waals surface area contributed by atoms with Gasteiger partial charge in [-0.3, -0.25) is 4.57 Å². The van der Waals surface area contributed by atoms with Crippen molar-refractivity contribution in [2.24, 2.45) is 0 Å². The Morgan fingerprint density at radius 1 is 1.12 bits per heavy atom. The number of esters is 1. The Hall–Kier alpha value is -2.21. The monoisotopic (exact) mass is 379 g/mol. The molecule has 7 nitrogen and oxygen atoms in total. The minimum atomic E-state index is -3.19. The molecule has 1 heterocycles. The normalized spacial score (nSPS) is 11.2. The lowest BCUT2D eigenvalue weighted by atomic mass is 10.2. The molecule has 0 radical (unpaired) electrons. The molecule has 0 saturated heterocycles. The Kier molecular flexibility index (Phi) is 7.33. The third-order valence-electron chi connectivity index (χ3n) is 3.31. The van der Waals surface area contributed by atoms with Crippen molar-refractivity contribution in [1.29, 1.82) is 0 Å². The molecule has 1 aromatic heterocycles. The SMILES string of the molecule is CCOP(=O)(Cc1cccc(Oc2ccc(C(=O)OC)cn2)c1)OCC. The summed E-state index contributed by atoms with van der Waals surface area (Å²) < 4.78 is 33.6. The zero-order valence-electron chi connectivity index (χ0n) is 15.0. The molecule has 0 spiro atoms. The van der Waals surface area contributed by atoms with E-state index in [1.807, 2.05) is 6.07 Å². The zero-order chi connectivity index (χ0) is 19.0. The van der Waals surface area contributed by atoms with Crippen molar-refractivity contribution in [1.82, 2.24) is 4.98 Å². The number of nitrogens with zero attached hydrogens (tertiary/aromatic N) is 1. The van der Waals surface area contributed by atoms with Gasteiger partial charge in [-0.1, -0.05) is 12.1 Å². The first-order chi connectivity index (χ1) is 12.5. The molecule has 26 heavy (non-hydrogen) atoms. The molecule has 0 unspecified atom stereocenters. The number of benzene rings is 1. The van der Waals surface area contributed by atoms with E-state index in [1.165, 1.54) is 13.3 Å². The summed E-state index contributed by atoms with van der Waals surface area (Å²) in [5.74, 6) is 0.390. The molecule has 2 aromatic rings. The van der Waals surface area contributed by atoms with Crippen LogP contribution in [-0.4, -0.2) is 31.3 Å². The first kappa shape index (κ1) is 20.1. The number of carbonyl (C=O) groups is 1. The van der Waals surface area contributed by atoms with Crippen LogP contribution in [0.4, 0.5) is 0 Å². The van der Waals surface area contributed by atoms with Crippen molar-refractivity contribution in [2.45, 2.75) is 20.0 Å². The zero-order valence-corrected chi connectivity index (χ0v) is 15.9. The van der Waals surface area contributed by atoms with E-state index in [0.29, 0.717) is 30.4 Å². The van der Waals surface area contributed by atoms with Crippen LogP contribution in [0.2, 0.25) is 0 Å². The van der Waals surface area contributed by atoms with Crippen LogP contribution < -0.4 is 4.74 Å². The number of methoxy groups -OCH3 is 1. The summed E-state index contributed by atoms with van der Waals surface area (Å²) in [4.78, 5) is 15.5. The van der Waals surface area contributed by atoms with Crippen molar-refractivity contribution in [2.75, 3.05) is 20.3 Å². The molecule has 0 aliphatic heterocycles. The van der Waals surface area contributed by atoms with Crippen LogP contribution in [-0.2, 0) is 24.5 Å². The van der Waals surface area contributed by atoms with Gasteiger partial charge < -0.3 is 18.5 Å². The van der Waals surface area contributed by atoms with Gasteiger partial charge in [0.25, 0.3) is 0 Å². The smallest absolute Gasteiger partial charge is 0.339 e. The molecule has 0 aliphatic carbocycles. The average Bonchev–Trinajstić information content (AvgIpc) is 2.62. The van der Waals surface area contributed by atoms with E-state index in [1.54, 1.807) is 44.2 Å². The van der Waals surface area contributed by atoms with Crippen LogP contribution >= 0.6 is 7.60 Å². The second-order valence-electron chi connectivity index (χ2n) is 5.23. The van der Waals surface area contributed by atoms with Crippen molar-refractivity contribution in [3.05, 3.63) is 53.7 Å². The number of hydrogen-bond donors (Lipinski definition) is 0. The molecule has 0 saturated carbocycles. The first-order valence-corrected chi connectivity index (χ1v) is 9.91. The predicted molar refractivity (Wildman–Crippen MR) is 96.7 cm³/mol. The minimum absolute atomic E-state index is 0.153. The highest BCUT2D eigenvalue weighted by molar-refractivity contribution is 7.53. The number of rotatable bonds is 9. The highest BCUT2D eigenvalue weighted by Crippen LogP contribution is 2.51. The number of ether oxygens (including phenoxy) is 2. The van der Waals surface area contributed by atoms with Gasteiger partial charge in [0.05, 0.1) is 32.0 Å². The largest absolute Gasteiger partial charge is 0.465 e. The predicted octanol–water partition coefficient (Wildman–Crippen LogP) is 4.43. The number of hydrogen-bond acceptors (Lipinski definition) is 7. The van der Waals surface area contributed by atoms with Crippen LogP contribution in [0.3, 0.4) is 0 Å². The lowest BCUT2D eigenvalue weighted by molar-refractivity contribution is 0.0600. The second kappa shape index (κ2) is 9.48. The Labute approximate surface area is 152 Å². The molecule has 0 N–H and O–H groups in total. The van der Waals surface area contributed by atoms with Gasteiger partial charge >= 0.3 is 13.6 Å². The van der Waals surface area contributed by atoms with E-state index in [4.69, 9.17) is 13.8 Å². The maximum Gasteiger partial charge on any atom is 0.339 e. The Balaban J connectivity index is 2.11. The highest BCUT2D eigenvalue weighted by Gasteiger charge is 2.24. The van der Waals surface area contributed by atoms with Crippen molar-refractivity contribution < 1.29 is 27.9 Å². The van der Waals surface area contributed by atoms with E-state index in [-0.39, 0.29) is 6.16 Å². The van der Waals surface area contributed by atoms with Gasteiger partial charge in [0, 0.05) is 12.3 Å². The van der Waals surface area contributed by atoms with Gasteiger partial charge in [-0.15, -0.1) is 0 Å². The summed E-state index contributed by atoms with van der Waals surface area (Å²) in [6, 6.07) is 10.3. The van der Waals surface area contributed by atoms with Gasteiger partial charge in [0.2, 0.25) is 5.88 Å². The first-order valence-electron chi connectivity index (χ1n) is 8.19. The quantitative estimate of drug-likeness (QED) is 0.471. The molecule has 2 rings (SSSR count). The van der Waals surface area contributed by atoms with Crippen molar-refractivity contribution in [3.63, 3.8) is 0 Å².